The van der Waals surface area contributed by atoms with E-state index in [0.29, 0.717) is 6.04 Å². The smallest absolute Gasteiger partial charge is 0.0247 e. The molecule has 2 fully saturated rings. The molecule has 1 aliphatic carbocycles. The van der Waals surface area contributed by atoms with Gasteiger partial charge in [0.05, 0.1) is 0 Å². The summed E-state index contributed by atoms with van der Waals surface area (Å²) < 4.78 is 0. The van der Waals surface area contributed by atoms with Gasteiger partial charge in [-0.15, -0.1) is 0 Å². The molecule has 1 heterocycles. The number of nitrogens with two attached hydrogens (primary N) is 1. The van der Waals surface area contributed by atoms with Gasteiger partial charge in [0.1, 0.15) is 0 Å². The predicted octanol–water partition coefficient (Wildman–Crippen LogP) is 0.0377. The summed E-state index contributed by atoms with van der Waals surface area (Å²) in [6.07, 6.45) is 2.63. The van der Waals surface area contributed by atoms with Gasteiger partial charge in [-0.1, -0.05) is 0 Å². The van der Waals surface area contributed by atoms with E-state index in [9.17, 15) is 0 Å². The minimum atomic E-state index is 0.480. The van der Waals surface area contributed by atoms with Gasteiger partial charge in [-0.05, 0) is 25.8 Å². The van der Waals surface area contributed by atoms with E-state index >= 15 is 0 Å². The fraction of sp³-hybridized carbons (Fsp3) is 1.00. The zero-order chi connectivity index (χ0) is 6.43. The summed E-state index contributed by atoms with van der Waals surface area (Å²) in [6, 6.07) is 1.20. The van der Waals surface area contributed by atoms with E-state index in [4.69, 9.17) is 5.73 Å². The molecule has 2 heteroatoms. The first kappa shape index (κ1) is 5.69. The predicted molar refractivity (Wildman–Crippen MR) is 37.1 cm³/mol. The molecule has 3 atom stereocenters. The minimum absolute atomic E-state index is 0.480. The van der Waals surface area contributed by atoms with Gasteiger partial charge < -0.3 is 10.6 Å². The second-order valence-corrected chi connectivity index (χ2v) is 3.51. The molecule has 2 N–H and O–H groups in total. The highest BCUT2D eigenvalue weighted by Gasteiger charge is 2.40. The van der Waals surface area contributed by atoms with Crippen molar-refractivity contribution in [2.45, 2.75) is 24.9 Å². The highest BCUT2D eigenvalue weighted by Crippen LogP contribution is 2.35. The number of hydrogen-bond donors (Lipinski definition) is 1. The average Bonchev–Trinajstić information content (AvgIpc) is 2.22. The Hall–Kier alpha value is -0.0800. The lowest BCUT2D eigenvalue weighted by molar-refractivity contribution is 0.235. The van der Waals surface area contributed by atoms with Crippen LogP contribution >= 0.6 is 0 Å². The molecule has 2 rings (SSSR count). The summed E-state index contributed by atoms with van der Waals surface area (Å²) in [5.41, 5.74) is 5.87. The molecular formula is C7H14N2. The minimum Gasteiger partial charge on any atom is -0.326 e. The topological polar surface area (TPSA) is 29.3 Å². The summed E-state index contributed by atoms with van der Waals surface area (Å²) in [4.78, 5) is 2.40. The van der Waals surface area contributed by atoms with Crippen molar-refractivity contribution >= 4 is 0 Å². The van der Waals surface area contributed by atoms with E-state index in [0.717, 1.165) is 12.0 Å². The van der Waals surface area contributed by atoms with Crippen molar-refractivity contribution in [3.05, 3.63) is 0 Å². The van der Waals surface area contributed by atoms with Gasteiger partial charge in [0.25, 0.3) is 0 Å². The van der Waals surface area contributed by atoms with Crippen molar-refractivity contribution in [1.29, 1.82) is 0 Å². The third kappa shape index (κ3) is 0.700. The van der Waals surface area contributed by atoms with E-state index in [1.54, 1.807) is 0 Å². The van der Waals surface area contributed by atoms with Crippen LogP contribution in [0.5, 0.6) is 0 Å². The third-order valence-electron chi connectivity index (χ3n) is 2.79. The molecule has 0 radical (unpaired) electrons. The lowest BCUT2D eigenvalue weighted by Crippen LogP contribution is -2.43. The molecular weight excluding hydrogens is 112 g/mol. The molecule has 0 spiro atoms. The van der Waals surface area contributed by atoms with Crippen molar-refractivity contribution in [1.82, 2.24) is 4.90 Å². The molecule has 9 heavy (non-hydrogen) atoms. The zero-order valence-corrected chi connectivity index (χ0v) is 5.88. The Morgan fingerprint density at radius 3 is 2.56 bits per heavy atom. The fourth-order valence-corrected chi connectivity index (χ4v) is 2.35. The normalized spacial score (nSPS) is 50.7. The lowest BCUT2D eigenvalue weighted by Gasteiger charge is -2.26. The van der Waals surface area contributed by atoms with Crippen LogP contribution in [0, 0.1) is 5.92 Å². The van der Waals surface area contributed by atoms with Crippen LogP contribution in [0.15, 0.2) is 0 Å². The fourth-order valence-electron chi connectivity index (χ4n) is 2.35. The van der Waals surface area contributed by atoms with Crippen LogP contribution in [0.1, 0.15) is 12.8 Å². The molecule has 0 amide bonds. The summed E-state index contributed by atoms with van der Waals surface area (Å²) >= 11 is 0. The molecule has 2 nitrogen and oxygen atoms in total. The molecule has 0 unspecified atom stereocenters. The van der Waals surface area contributed by atoms with Crippen molar-refractivity contribution in [2.24, 2.45) is 11.7 Å². The SMILES string of the molecule is CN1C[C@@H]2C[C@@H](N)[C@H]1C2. The molecule has 2 aliphatic rings. The van der Waals surface area contributed by atoms with E-state index in [-0.39, 0.29) is 0 Å². The highest BCUT2D eigenvalue weighted by atomic mass is 15.2. The Bertz CT molecular complexity index is 112. The first-order valence-corrected chi connectivity index (χ1v) is 3.73. The van der Waals surface area contributed by atoms with E-state index in [1.807, 2.05) is 0 Å². The summed E-state index contributed by atoms with van der Waals surface area (Å²) in [7, 11) is 2.18. The Labute approximate surface area is 56.0 Å². The second-order valence-electron chi connectivity index (χ2n) is 3.51. The maximum Gasteiger partial charge on any atom is 0.0247 e. The van der Waals surface area contributed by atoms with Gasteiger partial charge in [-0.2, -0.15) is 0 Å². The van der Waals surface area contributed by atoms with Crippen LogP contribution in [0.25, 0.3) is 0 Å². The number of likely N-dealkylation sites (N-methyl/N-ethyl adjacent to an activating group) is 1. The van der Waals surface area contributed by atoms with Crippen LogP contribution < -0.4 is 5.73 Å². The van der Waals surface area contributed by atoms with Crippen LogP contribution in [-0.2, 0) is 0 Å². The van der Waals surface area contributed by atoms with Crippen LogP contribution in [0.2, 0.25) is 0 Å². The van der Waals surface area contributed by atoms with Crippen molar-refractivity contribution in [3.8, 4) is 0 Å². The van der Waals surface area contributed by atoms with Crippen molar-refractivity contribution in [2.75, 3.05) is 13.6 Å². The molecule has 0 aromatic rings. The number of likely N-dealkylation sites (tertiary alicyclic amines) is 1. The van der Waals surface area contributed by atoms with E-state index in [1.165, 1.54) is 19.4 Å². The van der Waals surface area contributed by atoms with Gasteiger partial charge >= 0.3 is 0 Å². The van der Waals surface area contributed by atoms with Gasteiger partial charge in [0, 0.05) is 18.6 Å². The summed E-state index contributed by atoms with van der Waals surface area (Å²) in [5, 5.41) is 0. The average molecular weight is 126 g/mol. The first-order chi connectivity index (χ1) is 4.27. The number of nitrogens with zero attached hydrogens (tertiary/aromatic N) is 1. The number of fused-ring (bicyclic) bond motifs is 2. The molecule has 0 aromatic heterocycles. The lowest BCUT2D eigenvalue weighted by atomic mass is 10.1. The molecule has 1 aliphatic heterocycles. The van der Waals surface area contributed by atoms with E-state index in [2.05, 4.69) is 11.9 Å². The van der Waals surface area contributed by atoms with Gasteiger partial charge in [-0.25, -0.2) is 0 Å². The first-order valence-electron chi connectivity index (χ1n) is 3.73. The highest BCUT2D eigenvalue weighted by molar-refractivity contribution is 4.98. The van der Waals surface area contributed by atoms with E-state index < -0.39 is 0 Å². The number of rotatable bonds is 0. The second kappa shape index (κ2) is 1.70. The molecule has 52 valence electrons. The van der Waals surface area contributed by atoms with Gasteiger partial charge in [0.15, 0.2) is 0 Å². The van der Waals surface area contributed by atoms with Crippen molar-refractivity contribution < 1.29 is 0 Å². The number of hydrogen-bond acceptors (Lipinski definition) is 2. The van der Waals surface area contributed by atoms with Gasteiger partial charge in [0.2, 0.25) is 0 Å². The number of piperidine rings is 1. The summed E-state index contributed by atoms with van der Waals surface area (Å²) in [6.45, 7) is 1.29. The monoisotopic (exact) mass is 126 g/mol. The van der Waals surface area contributed by atoms with Crippen molar-refractivity contribution in [3.63, 3.8) is 0 Å². The van der Waals surface area contributed by atoms with Crippen LogP contribution in [-0.4, -0.2) is 30.6 Å². The largest absolute Gasteiger partial charge is 0.326 e. The molecule has 1 saturated carbocycles. The van der Waals surface area contributed by atoms with Gasteiger partial charge in [-0.3, -0.25) is 0 Å². The zero-order valence-electron chi connectivity index (χ0n) is 5.88. The van der Waals surface area contributed by atoms with Crippen LogP contribution in [0.4, 0.5) is 0 Å². The molecule has 1 saturated heterocycles. The molecule has 0 aromatic carbocycles. The quantitative estimate of drug-likeness (QED) is 0.496. The molecule has 2 bridgehead atoms. The maximum absolute atomic E-state index is 5.87. The third-order valence-corrected chi connectivity index (χ3v) is 2.79. The van der Waals surface area contributed by atoms with Crippen LogP contribution in [0.3, 0.4) is 0 Å². The summed E-state index contributed by atoms with van der Waals surface area (Å²) in [5.74, 6) is 0.926. The standard InChI is InChI=1S/C7H14N2/c1-9-4-5-2-6(8)7(9)3-5/h5-7H,2-4,8H2,1H3/t5-,6-,7-/m1/s1. The Morgan fingerprint density at radius 2 is 2.22 bits per heavy atom. The Morgan fingerprint density at radius 1 is 1.44 bits per heavy atom. The maximum atomic E-state index is 5.87. The Balaban J connectivity index is 2.13. The Kier molecular flexibility index (Phi) is 1.08.